The van der Waals surface area contributed by atoms with Gasteiger partial charge in [0.05, 0.1) is 23.8 Å². The van der Waals surface area contributed by atoms with E-state index in [1.165, 1.54) is 22.1 Å². The molecule has 1 aliphatic heterocycles. The van der Waals surface area contributed by atoms with E-state index in [1.807, 2.05) is 0 Å². The molecule has 0 aliphatic carbocycles. The monoisotopic (exact) mass is 1220 g/mol. The number of fused-ring (bicyclic) bond motifs is 1. The summed E-state index contributed by atoms with van der Waals surface area (Å²) in [7, 11) is 3.18. The first-order chi connectivity index (χ1) is 40.4. The predicted octanol–water partition coefficient (Wildman–Crippen LogP) is 6.67. The van der Waals surface area contributed by atoms with Crippen LogP contribution in [0, 0.1) is 17.7 Å². The Morgan fingerprint density at radius 1 is 0.759 bits per heavy atom. The lowest BCUT2D eigenvalue weighted by Gasteiger charge is -2.35. The fourth-order valence-corrected chi connectivity index (χ4v) is 9.13. The molecule has 25 heteroatoms. The second-order valence-electron chi connectivity index (χ2n) is 24.9. The lowest BCUT2D eigenvalue weighted by atomic mass is 9.86. The highest BCUT2D eigenvalue weighted by molar-refractivity contribution is 6.04. The summed E-state index contributed by atoms with van der Waals surface area (Å²) in [6, 6.07) is 6.41. The normalized spacial score (nSPS) is 14.1. The lowest BCUT2D eigenvalue weighted by molar-refractivity contribution is -0.155. The number of hydrogen-bond donors (Lipinski definition) is 4. The molecule has 3 atom stereocenters. The maximum Gasteiger partial charge on any atom is 0.413 e. The summed E-state index contributed by atoms with van der Waals surface area (Å²) in [5.41, 5.74) is -2.38. The van der Waals surface area contributed by atoms with Gasteiger partial charge in [-0.15, -0.1) is 0 Å². The number of aliphatic imine (C=N–C) groups is 1. The van der Waals surface area contributed by atoms with Crippen molar-refractivity contribution in [3.05, 3.63) is 75.3 Å². The smallest absolute Gasteiger partial charge is 0.413 e. The molecule has 0 bridgehead atoms. The van der Waals surface area contributed by atoms with Crippen molar-refractivity contribution in [1.29, 1.82) is 0 Å². The van der Waals surface area contributed by atoms with Crippen molar-refractivity contribution in [3.63, 3.8) is 0 Å². The Balaban J connectivity index is 1.55. The molecule has 478 valence electrons. The first kappa shape index (κ1) is 71.2. The van der Waals surface area contributed by atoms with Crippen molar-refractivity contribution in [2.24, 2.45) is 16.8 Å². The van der Waals surface area contributed by atoms with E-state index >= 15 is 4.39 Å². The Hall–Kier alpha value is -8.25. The number of amidine groups is 1. The molecule has 1 saturated heterocycles. The number of anilines is 1. The maximum absolute atomic E-state index is 15.5. The molecule has 2 aromatic carbocycles. The molecule has 0 unspecified atom stereocenters. The van der Waals surface area contributed by atoms with E-state index in [0.717, 1.165) is 6.07 Å². The van der Waals surface area contributed by atoms with Gasteiger partial charge in [0, 0.05) is 96.4 Å². The number of halogens is 1. The van der Waals surface area contributed by atoms with E-state index in [-0.39, 0.29) is 94.1 Å². The van der Waals surface area contributed by atoms with Crippen LogP contribution >= 0.6 is 0 Å². The highest BCUT2D eigenvalue weighted by atomic mass is 19.1. The molecule has 5 amide bonds. The Kier molecular flexibility index (Phi) is 25.7. The van der Waals surface area contributed by atoms with Crippen molar-refractivity contribution >= 4 is 81.8 Å². The number of benzene rings is 2. The fourth-order valence-electron chi connectivity index (χ4n) is 9.13. The minimum atomic E-state index is -1.43. The van der Waals surface area contributed by atoms with Gasteiger partial charge in [-0.2, -0.15) is 0 Å². The van der Waals surface area contributed by atoms with Gasteiger partial charge in [0.25, 0.3) is 0 Å². The summed E-state index contributed by atoms with van der Waals surface area (Å²) in [6.45, 7) is 20.5. The lowest BCUT2D eigenvalue weighted by Crippen LogP contribution is -2.49. The molecule has 0 spiro atoms. The van der Waals surface area contributed by atoms with Crippen LogP contribution in [0.15, 0.2) is 52.4 Å². The zero-order valence-corrected chi connectivity index (χ0v) is 52.6. The van der Waals surface area contributed by atoms with Gasteiger partial charge >= 0.3 is 30.1 Å². The number of carboxylic acids is 1. The van der Waals surface area contributed by atoms with Crippen molar-refractivity contribution < 1.29 is 76.4 Å². The van der Waals surface area contributed by atoms with Gasteiger partial charge in [0.15, 0.2) is 11.6 Å². The molecule has 0 saturated carbocycles. The maximum atomic E-state index is 15.5. The standard InChI is InChI=1S/C62H87FN8O16/c1-15-69-35-42(57(80)81)55(78)41-30-43(63)47(32-46(41)69)70-25-27-71(28-26-70)59(83)84-36-39-21-19-38(20-22-39)29-48(72)45(34-64-50(33-54(77)86-61(7,8)9)67-58(82)87-62(10,11)12)66-56(79)40(37(2)3)31-49(73)44(23-24-53(76)85-60(4,5)6)65-51(74)17-16-18-52(75)68(13)14/h19-22,30,32,35,37,40,44-45H,15-18,23-29,31,33-34,36H2,1-14H3,(H,65,74)(H,66,79)(H,80,81)(H,64,67,82)/t40-,44-,45-/m0/s1. The van der Waals surface area contributed by atoms with Crippen LogP contribution in [-0.2, 0) is 72.1 Å². The quantitative estimate of drug-likeness (QED) is 0.0282. The Labute approximate surface area is 507 Å². The average Bonchev–Trinajstić information content (AvgIpc) is 1.69. The number of ketones is 2. The molecule has 4 N–H and O–H groups in total. The van der Waals surface area contributed by atoms with Crippen LogP contribution in [0.4, 0.5) is 19.7 Å². The third kappa shape index (κ3) is 23.5. The van der Waals surface area contributed by atoms with E-state index in [2.05, 4.69) is 20.9 Å². The van der Waals surface area contributed by atoms with Crippen molar-refractivity contribution in [2.75, 3.05) is 51.7 Å². The van der Waals surface area contributed by atoms with E-state index in [4.69, 9.17) is 18.9 Å². The average molecular weight is 1220 g/mol. The van der Waals surface area contributed by atoms with Crippen LogP contribution < -0.4 is 26.3 Å². The van der Waals surface area contributed by atoms with Gasteiger partial charge in [-0.1, -0.05) is 38.1 Å². The number of carbonyl (C=O) groups is 10. The number of carboxylic acid groups (broad SMARTS) is 1. The zero-order chi connectivity index (χ0) is 65.3. The molecule has 87 heavy (non-hydrogen) atoms. The highest BCUT2D eigenvalue weighted by Gasteiger charge is 2.34. The second-order valence-corrected chi connectivity index (χ2v) is 24.9. The number of aryl methyl sites for hydroxylation is 1. The molecule has 24 nitrogen and oxygen atoms in total. The fraction of sp³-hybridized carbons (Fsp3) is 0.581. The van der Waals surface area contributed by atoms with Crippen LogP contribution in [0.3, 0.4) is 0 Å². The summed E-state index contributed by atoms with van der Waals surface area (Å²) >= 11 is 0. The van der Waals surface area contributed by atoms with Gasteiger partial charge in [0.2, 0.25) is 23.2 Å². The van der Waals surface area contributed by atoms with Gasteiger partial charge in [-0.3, -0.25) is 48.7 Å². The summed E-state index contributed by atoms with van der Waals surface area (Å²) in [5, 5.41) is 17.4. The van der Waals surface area contributed by atoms with Gasteiger partial charge in [-0.05, 0) is 111 Å². The molecular weight excluding hydrogens is 1130 g/mol. The van der Waals surface area contributed by atoms with Gasteiger partial charge in [0.1, 0.15) is 53.1 Å². The minimum absolute atomic E-state index is 0.0616. The molecular formula is C62H87FN8O16. The topological polar surface area (TPSA) is 308 Å². The molecule has 1 aliphatic rings. The summed E-state index contributed by atoms with van der Waals surface area (Å²) < 4.78 is 39.1. The van der Waals surface area contributed by atoms with Crippen LogP contribution in [-0.4, -0.2) is 160 Å². The first-order valence-corrected chi connectivity index (χ1v) is 29.1. The van der Waals surface area contributed by atoms with Crippen LogP contribution in [0.5, 0.6) is 0 Å². The van der Waals surface area contributed by atoms with Crippen molar-refractivity contribution in [1.82, 2.24) is 30.3 Å². The van der Waals surface area contributed by atoms with Crippen LogP contribution in [0.1, 0.15) is 150 Å². The van der Waals surface area contributed by atoms with E-state index in [1.54, 1.807) is 131 Å². The number of rotatable bonds is 26. The second kappa shape index (κ2) is 31.4. The highest BCUT2D eigenvalue weighted by Crippen LogP contribution is 2.27. The van der Waals surface area contributed by atoms with E-state index < -0.39 is 130 Å². The Morgan fingerprint density at radius 2 is 1.36 bits per heavy atom. The number of hydrogen-bond acceptors (Lipinski definition) is 17. The van der Waals surface area contributed by atoms with Gasteiger partial charge in [-0.25, -0.2) is 18.8 Å². The number of carbonyl (C=O) groups excluding carboxylic acids is 9. The summed E-state index contributed by atoms with van der Waals surface area (Å²) in [6.07, 6.45) is -1.88. The van der Waals surface area contributed by atoms with E-state index in [9.17, 15) is 57.8 Å². The molecule has 0 radical (unpaired) electrons. The van der Waals surface area contributed by atoms with Crippen molar-refractivity contribution in [3.8, 4) is 0 Å². The third-order valence-corrected chi connectivity index (χ3v) is 13.5. The number of piperazine rings is 1. The number of esters is 2. The number of nitrogens with one attached hydrogen (secondary N) is 3. The van der Waals surface area contributed by atoms with Crippen LogP contribution in [0.2, 0.25) is 0 Å². The van der Waals surface area contributed by atoms with E-state index in [0.29, 0.717) is 23.2 Å². The number of nitrogens with zero attached hydrogens (tertiary/aromatic N) is 5. The molecule has 3 aromatic rings. The number of ether oxygens (including phenoxy) is 4. The SMILES string of the molecule is CCn1cc(C(=O)O)c(=O)c2cc(F)c(N3CCN(C(=O)OCc4ccc(CC(=O)[C@H](CN=C(CC(=O)OC(C)(C)C)NC(=O)OC(C)(C)C)NC(=O)[C@@H](CC(=O)[C@H](CCC(=O)OC(C)(C)C)NC(=O)CCCC(=O)N(C)C)C(C)C)cc4)CC3)cc21. The number of alkyl carbamates (subject to hydrolysis) is 1. The molecule has 2 heterocycles. The number of aromatic nitrogens is 1. The molecule has 4 rings (SSSR count). The van der Waals surface area contributed by atoms with Crippen LogP contribution in [0.25, 0.3) is 10.9 Å². The Morgan fingerprint density at radius 3 is 1.92 bits per heavy atom. The first-order valence-electron chi connectivity index (χ1n) is 29.1. The van der Waals surface area contributed by atoms with Gasteiger partial charge < -0.3 is 54.0 Å². The zero-order valence-electron chi connectivity index (χ0n) is 52.6. The third-order valence-electron chi connectivity index (χ3n) is 13.5. The molecule has 1 aromatic heterocycles. The van der Waals surface area contributed by atoms with Crippen molar-refractivity contribution in [2.45, 2.75) is 176 Å². The molecule has 1 fully saturated rings. The summed E-state index contributed by atoms with van der Waals surface area (Å²) in [4.78, 5) is 155. The summed E-state index contributed by atoms with van der Waals surface area (Å²) in [5.74, 6) is -8.02. The predicted molar refractivity (Wildman–Crippen MR) is 321 cm³/mol. The number of Topliss-reactive ketones (excluding diaryl/α,β-unsaturated/α-hetero) is 2. The largest absolute Gasteiger partial charge is 0.477 e. The number of aromatic carboxylic acids is 1. The number of amides is 5. The Bertz CT molecular complexity index is 3060. The number of pyridine rings is 1. The minimum Gasteiger partial charge on any atom is -0.477 e.